The van der Waals surface area contributed by atoms with Gasteiger partial charge in [0, 0.05) is 44.1 Å². The SMILES string of the molecule is Cn1nccc1-c1cc(NC(=O)Cc2ccccc2)ccc1OCCN1CCOCC1. The molecule has 7 nitrogen and oxygen atoms in total. The minimum absolute atomic E-state index is 0.0526. The van der Waals surface area contributed by atoms with E-state index in [1.54, 1.807) is 10.9 Å². The molecule has 1 aromatic heterocycles. The van der Waals surface area contributed by atoms with Gasteiger partial charge in [-0.05, 0) is 29.8 Å². The summed E-state index contributed by atoms with van der Waals surface area (Å²) in [7, 11) is 1.90. The van der Waals surface area contributed by atoms with Crippen molar-refractivity contribution in [1.82, 2.24) is 14.7 Å². The summed E-state index contributed by atoms with van der Waals surface area (Å²) in [5, 5.41) is 7.29. The minimum Gasteiger partial charge on any atom is -0.492 e. The van der Waals surface area contributed by atoms with Crippen molar-refractivity contribution >= 4 is 11.6 Å². The summed E-state index contributed by atoms with van der Waals surface area (Å²) in [6.07, 6.45) is 2.09. The fraction of sp³-hybridized carbons (Fsp3) is 0.333. The lowest BCUT2D eigenvalue weighted by atomic mass is 10.1. The molecule has 31 heavy (non-hydrogen) atoms. The molecular formula is C24H28N4O3. The van der Waals surface area contributed by atoms with E-state index in [1.165, 1.54) is 0 Å². The van der Waals surface area contributed by atoms with Gasteiger partial charge in [-0.2, -0.15) is 5.10 Å². The number of carbonyl (C=O) groups is 1. The number of ether oxygens (including phenoxy) is 2. The molecule has 0 spiro atoms. The molecule has 0 saturated carbocycles. The number of nitrogens with one attached hydrogen (secondary N) is 1. The maximum atomic E-state index is 12.5. The fourth-order valence-electron chi connectivity index (χ4n) is 3.67. The highest BCUT2D eigenvalue weighted by Crippen LogP contribution is 2.32. The molecule has 2 heterocycles. The molecule has 2 aromatic carbocycles. The first-order valence-corrected chi connectivity index (χ1v) is 10.6. The normalized spacial score (nSPS) is 14.4. The summed E-state index contributed by atoms with van der Waals surface area (Å²) in [4.78, 5) is 14.8. The summed E-state index contributed by atoms with van der Waals surface area (Å²) in [5.74, 6) is 0.723. The lowest BCUT2D eigenvalue weighted by molar-refractivity contribution is -0.115. The first-order valence-electron chi connectivity index (χ1n) is 10.6. The molecule has 0 bridgehead atoms. The number of nitrogens with zero attached hydrogens (tertiary/aromatic N) is 3. The predicted octanol–water partition coefficient (Wildman–Crippen LogP) is 2.98. The molecule has 3 aromatic rings. The first-order chi connectivity index (χ1) is 15.2. The van der Waals surface area contributed by atoms with Gasteiger partial charge in [0.05, 0.1) is 25.3 Å². The van der Waals surface area contributed by atoms with Gasteiger partial charge in [-0.25, -0.2) is 0 Å². The standard InChI is InChI=1S/C24H28N4O3/c1-27-22(9-10-25-27)21-18-20(26-24(29)17-19-5-3-2-4-6-19)7-8-23(21)31-16-13-28-11-14-30-15-12-28/h2-10,18H,11-17H2,1H3,(H,26,29). The Bertz CT molecular complexity index is 997. The van der Waals surface area contributed by atoms with Crippen LogP contribution in [0.15, 0.2) is 60.8 Å². The van der Waals surface area contributed by atoms with Gasteiger partial charge in [-0.15, -0.1) is 0 Å². The molecule has 0 radical (unpaired) electrons. The average molecular weight is 421 g/mol. The third-order valence-corrected chi connectivity index (χ3v) is 5.34. The lowest BCUT2D eigenvalue weighted by Gasteiger charge is -2.26. The van der Waals surface area contributed by atoms with Crippen LogP contribution in [0.25, 0.3) is 11.3 Å². The van der Waals surface area contributed by atoms with E-state index >= 15 is 0 Å². The second-order valence-electron chi connectivity index (χ2n) is 7.56. The number of hydrogen-bond acceptors (Lipinski definition) is 5. The number of amides is 1. The molecule has 1 saturated heterocycles. The van der Waals surface area contributed by atoms with Gasteiger partial charge >= 0.3 is 0 Å². The Balaban J connectivity index is 1.46. The van der Waals surface area contributed by atoms with Gasteiger partial charge in [0.2, 0.25) is 5.91 Å². The van der Waals surface area contributed by atoms with Crippen LogP contribution < -0.4 is 10.1 Å². The molecule has 4 rings (SSSR count). The fourth-order valence-corrected chi connectivity index (χ4v) is 3.67. The van der Waals surface area contributed by atoms with E-state index in [0.717, 1.165) is 61.1 Å². The van der Waals surface area contributed by atoms with Crippen LogP contribution in [-0.2, 0) is 23.0 Å². The molecule has 0 unspecified atom stereocenters. The molecule has 1 aliphatic rings. The van der Waals surface area contributed by atoms with Gasteiger partial charge in [0.25, 0.3) is 0 Å². The lowest BCUT2D eigenvalue weighted by Crippen LogP contribution is -2.38. The smallest absolute Gasteiger partial charge is 0.228 e. The van der Waals surface area contributed by atoms with Crippen molar-refractivity contribution in [3.05, 3.63) is 66.4 Å². The molecule has 162 valence electrons. The summed E-state index contributed by atoms with van der Waals surface area (Å²) in [5.41, 5.74) is 3.55. The number of aromatic nitrogens is 2. The minimum atomic E-state index is -0.0526. The van der Waals surface area contributed by atoms with Gasteiger partial charge in [0.1, 0.15) is 12.4 Å². The van der Waals surface area contributed by atoms with E-state index in [-0.39, 0.29) is 5.91 Å². The highest BCUT2D eigenvalue weighted by Gasteiger charge is 2.14. The highest BCUT2D eigenvalue weighted by atomic mass is 16.5. The van der Waals surface area contributed by atoms with E-state index in [1.807, 2.05) is 61.6 Å². The molecule has 1 N–H and O–H groups in total. The van der Waals surface area contributed by atoms with Crippen LogP contribution in [0, 0.1) is 0 Å². The first kappa shape index (κ1) is 21.1. The number of aryl methyl sites for hydroxylation is 1. The number of carbonyl (C=O) groups excluding carboxylic acids is 1. The number of anilines is 1. The van der Waals surface area contributed by atoms with E-state index in [0.29, 0.717) is 13.0 Å². The summed E-state index contributed by atoms with van der Waals surface area (Å²) in [6, 6.07) is 17.4. The third-order valence-electron chi connectivity index (χ3n) is 5.34. The Labute approximate surface area is 182 Å². The van der Waals surface area contributed by atoms with Crippen LogP contribution in [0.2, 0.25) is 0 Å². The molecule has 1 fully saturated rings. The average Bonchev–Trinajstić information content (AvgIpc) is 3.21. The quantitative estimate of drug-likeness (QED) is 0.607. The molecule has 1 amide bonds. The molecular weight excluding hydrogens is 392 g/mol. The van der Waals surface area contributed by atoms with Crippen LogP contribution >= 0.6 is 0 Å². The summed E-state index contributed by atoms with van der Waals surface area (Å²) >= 11 is 0. The number of hydrogen-bond donors (Lipinski definition) is 1. The molecule has 0 atom stereocenters. The van der Waals surface area contributed by atoms with E-state index in [9.17, 15) is 4.79 Å². The van der Waals surface area contributed by atoms with Crippen LogP contribution in [0.4, 0.5) is 5.69 Å². The van der Waals surface area contributed by atoms with E-state index < -0.39 is 0 Å². The van der Waals surface area contributed by atoms with Gasteiger partial charge in [0.15, 0.2) is 0 Å². The van der Waals surface area contributed by atoms with E-state index in [2.05, 4.69) is 15.3 Å². The van der Waals surface area contributed by atoms with Crippen molar-refractivity contribution < 1.29 is 14.3 Å². The summed E-state index contributed by atoms with van der Waals surface area (Å²) in [6.45, 7) is 4.86. The highest BCUT2D eigenvalue weighted by molar-refractivity contribution is 5.93. The van der Waals surface area contributed by atoms with Crippen LogP contribution in [0.5, 0.6) is 5.75 Å². The van der Waals surface area contributed by atoms with Gasteiger partial charge < -0.3 is 14.8 Å². The molecule has 1 aliphatic heterocycles. The predicted molar refractivity (Wildman–Crippen MR) is 120 cm³/mol. The third kappa shape index (κ3) is 5.71. The number of rotatable bonds is 8. The largest absolute Gasteiger partial charge is 0.492 e. The Hall–Kier alpha value is -3.16. The van der Waals surface area contributed by atoms with Crippen molar-refractivity contribution in [2.45, 2.75) is 6.42 Å². The van der Waals surface area contributed by atoms with Crippen molar-refractivity contribution in [3.63, 3.8) is 0 Å². The van der Waals surface area contributed by atoms with Gasteiger partial charge in [-0.3, -0.25) is 14.4 Å². The van der Waals surface area contributed by atoms with Crippen LogP contribution in [-0.4, -0.2) is 60.0 Å². The zero-order valence-corrected chi connectivity index (χ0v) is 17.8. The topological polar surface area (TPSA) is 68.6 Å². The Morgan fingerprint density at radius 3 is 2.68 bits per heavy atom. The van der Waals surface area contributed by atoms with Gasteiger partial charge in [-0.1, -0.05) is 30.3 Å². The van der Waals surface area contributed by atoms with Crippen LogP contribution in [0.3, 0.4) is 0 Å². The van der Waals surface area contributed by atoms with E-state index in [4.69, 9.17) is 9.47 Å². The number of benzene rings is 2. The Morgan fingerprint density at radius 2 is 1.94 bits per heavy atom. The Kier molecular flexibility index (Phi) is 6.96. The zero-order chi connectivity index (χ0) is 21.5. The van der Waals surface area contributed by atoms with Crippen molar-refractivity contribution in [3.8, 4) is 17.0 Å². The van der Waals surface area contributed by atoms with Crippen LogP contribution in [0.1, 0.15) is 5.56 Å². The molecule has 7 heteroatoms. The Morgan fingerprint density at radius 1 is 1.13 bits per heavy atom. The number of morpholine rings is 1. The van der Waals surface area contributed by atoms with Crippen molar-refractivity contribution in [2.75, 3.05) is 44.8 Å². The van der Waals surface area contributed by atoms with Crippen molar-refractivity contribution in [2.24, 2.45) is 7.05 Å². The maximum Gasteiger partial charge on any atom is 0.228 e. The second kappa shape index (κ2) is 10.2. The summed E-state index contributed by atoms with van der Waals surface area (Å²) < 4.78 is 13.3. The van der Waals surface area contributed by atoms with Crippen molar-refractivity contribution in [1.29, 1.82) is 0 Å². The molecule has 0 aliphatic carbocycles. The zero-order valence-electron chi connectivity index (χ0n) is 17.8. The second-order valence-corrected chi connectivity index (χ2v) is 7.56. The maximum absolute atomic E-state index is 12.5. The monoisotopic (exact) mass is 420 g/mol.